The number of nitrogens with zero attached hydrogens (tertiary/aromatic N) is 4. The Morgan fingerprint density at radius 2 is 2.12 bits per heavy atom. The molecule has 0 aromatic carbocycles. The van der Waals surface area contributed by atoms with Crippen molar-refractivity contribution in [3.05, 3.63) is 33.4 Å². The van der Waals surface area contributed by atoms with Gasteiger partial charge in [-0.1, -0.05) is 6.92 Å². The summed E-state index contributed by atoms with van der Waals surface area (Å²) in [4.78, 5) is 17.0. The molecule has 2 aromatic rings. The summed E-state index contributed by atoms with van der Waals surface area (Å²) < 4.78 is 28.6. The van der Waals surface area contributed by atoms with Gasteiger partial charge >= 0.3 is 0 Å². The standard InChI is InChI=1S/C15H23N5O3S/c1-5-12-10(2)16-14-8-13(17-20(14)15(12)21)11-6-7-19(9-11)24(22,23)18(3)4/h8,11,17H,5-7,9H2,1-4H3. The lowest BCUT2D eigenvalue weighted by Crippen LogP contribution is -2.38. The van der Waals surface area contributed by atoms with E-state index in [1.807, 2.05) is 19.9 Å². The minimum Gasteiger partial charge on any atom is -0.293 e. The zero-order valence-corrected chi connectivity index (χ0v) is 15.2. The minimum atomic E-state index is -3.40. The van der Waals surface area contributed by atoms with Crippen LogP contribution in [0.3, 0.4) is 0 Å². The van der Waals surface area contributed by atoms with E-state index in [-0.39, 0.29) is 11.5 Å². The average Bonchev–Trinajstić information content (AvgIpc) is 3.13. The first-order chi connectivity index (χ1) is 11.3. The van der Waals surface area contributed by atoms with Gasteiger partial charge in [-0.2, -0.15) is 17.0 Å². The molecule has 1 fully saturated rings. The maximum Gasteiger partial charge on any atom is 0.281 e. The third kappa shape index (κ3) is 2.66. The van der Waals surface area contributed by atoms with Gasteiger partial charge < -0.3 is 0 Å². The van der Waals surface area contributed by atoms with E-state index in [4.69, 9.17) is 0 Å². The third-order valence-electron chi connectivity index (χ3n) is 4.67. The first kappa shape index (κ1) is 17.1. The molecule has 3 rings (SSSR count). The Labute approximate surface area is 141 Å². The molecule has 2 aromatic heterocycles. The molecular weight excluding hydrogens is 330 g/mol. The molecule has 24 heavy (non-hydrogen) atoms. The molecule has 1 atom stereocenters. The van der Waals surface area contributed by atoms with Crippen molar-refractivity contribution in [3.8, 4) is 0 Å². The summed E-state index contributed by atoms with van der Waals surface area (Å²) in [6, 6.07) is 1.85. The van der Waals surface area contributed by atoms with Crippen LogP contribution in [0, 0.1) is 6.92 Å². The van der Waals surface area contributed by atoms with E-state index in [0.29, 0.717) is 37.1 Å². The molecule has 0 aliphatic carbocycles. The fourth-order valence-electron chi connectivity index (χ4n) is 3.23. The van der Waals surface area contributed by atoms with Gasteiger partial charge in [-0.25, -0.2) is 9.50 Å². The zero-order valence-electron chi connectivity index (χ0n) is 14.4. The van der Waals surface area contributed by atoms with Crippen LogP contribution in [0.4, 0.5) is 0 Å². The summed E-state index contributed by atoms with van der Waals surface area (Å²) in [6.07, 6.45) is 1.35. The van der Waals surface area contributed by atoms with Crippen LogP contribution in [0.1, 0.15) is 36.2 Å². The molecule has 0 amide bonds. The Hall–Kier alpha value is -1.71. The zero-order chi connectivity index (χ0) is 17.6. The molecule has 1 N–H and O–H groups in total. The number of hydrogen-bond donors (Lipinski definition) is 1. The Morgan fingerprint density at radius 1 is 1.42 bits per heavy atom. The summed E-state index contributed by atoms with van der Waals surface area (Å²) in [5.74, 6) is 0.0335. The van der Waals surface area contributed by atoms with E-state index in [9.17, 15) is 13.2 Å². The lowest BCUT2D eigenvalue weighted by atomic mass is 10.1. The van der Waals surface area contributed by atoms with Crippen molar-refractivity contribution in [1.82, 2.24) is 23.2 Å². The van der Waals surface area contributed by atoms with Crippen molar-refractivity contribution in [3.63, 3.8) is 0 Å². The van der Waals surface area contributed by atoms with Gasteiger partial charge in [-0.05, 0) is 19.8 Å². The fraction of sp³-hybridized carbons (Fsp3) is 0.600. The highest BCUT2D eigenvalue weighted by molar-refractivity contribution is 7.86. The molecule has 8 nitrogen and oxygen atoms in total. The number of H-pyrrole nitrogens is 1. The van der Waals surface area contributed by atoms with Crippen molar-refractivity contribution < 1.29 is 8.42 Å². The maximum absolute atomic E-state index is 12.5. The van der Waals surface area contributed by atoms with Crippen LogP contribution in [0.2, 0.25) is 0 Å². The number of hydrogen-bond acceptors (Lipinski definition) is 4. The van der Waals surface area contributed by atoms with Crippen LogP contribution in [0.15, 0.2) is 10.9 Å². The molecule has 1 aliphatic heterocycles. The van der Waals surface area contributed by atoms with E-state index in [1.165, 1.54) is 27.2 Å². The van der Waals surface area contributed by atoms with Crippen molar-refractivity contribution in [1.29, 1.82) is 0 Å². The van der Waals surface area contributed by atoms with Gasteiger partial charge in [-0.15, -0.1) is 0 Å². The Kier molecular flexibility index (Phi) is 4.27. The number of nitrogens with one attached hydrogen (secondary N) is 1. The van der Waals surface area contributed by atoms with Crippen molar-refractivity contribution >= 4 is 15.9 Å². The predicted molar refractivity (Wildman–Crippen MR) is 91.5 cm³/mol. The highest BCUT2D eigenvalue weighted by Crippen LogP contribution is 2.28. The van der Waals surface area contributed by atoms with Gasteiger partial charge in [0.05, 0.1) is 0 Å². The Morgan fingerprint density at radius 3 is 2.75 bits per heavy atom. The molecule has 0 spiro atoms. The van der Waals surface area contributed by atoms with Gasteiger partial charge in [0.1, 0.15) is 0 Å². The number of aryl methyl sites for hydroxylation is 1. The topological polar surface area (TPSA) is 90.8 Å². The van der Waals surface area contributed by atoms with Gasteiger partial charge in [0.25, 0.3) is 15.8 Å². The van der Waals surface area contributed by atoms with E-state index in [1.54, 1.807) is 0 Å². The van der Waals surface area contributed by atoms with Crippen LogP contribution >= 0.6 is 0 Å². The summed E-state index contributed by atoms with van der Waals surface area (Å²) in [7, 11) is -0.341. The van der Waals surface area contributed by atoms with Gasteiger partial charge in [0.2, 0.25) is 0 Å². The first-order valence-corrected chi connectivity index (χ1v) is 9.44. The lowest BCUT2D eigenvalue weighted by Gasteiger charge is -2.20. The van der Waals surface area contributed by atoms with Crippen molar-refractivity contribution in [2.24, 2.45) is 0 Å². The van der Waals surface area contributed by atoms with Crippen LogP contribution in [-0.4, -0.2) is 58.8 Å². The van der Waals surface area contributed by atoms with E-state index in [2.05, 4.69) is 10.1 Å². The normalized spacial score (nSPS) is 19.6. The Bertz CT molecular complexity index is 928. The van der Waals surface area contributed by atoms with Gasteiger partial charge in [-0.3, -0.25) is 9.89 Å². The molecule has 1 aliphatic rings. The number of rotatable bonds is 4. The highest BCUT2D eigenvalue weighted by Gasteiger charge is 2.34. The second kappa shape index (κ2) is 5.98. The second-order valence-electron chi connectivity index (χ2n) is 6.37. The lowest BCUT2D eigenvalue weighted by molar-refractivity contribution is 0.418. The monoisotopic (exact) mass is 353 g/mol. The average molecular weight is 353 g/mol. The first-order valence-electron chi connectivity index (χ1n) is 8.04. The highest BCUT2D eigenvalue weighted by atomic mass is 32.2. The summed E-state index contributed by atoms with van der Waals surface area (Å²) >= 11 is 0. The quantitative estimate of drug-likeness (QED) is 0.866. The molecule has 0 saturated carbocycles. The van der Waals surface area contributed by atoms with Crippen LogP contribution < -0.4 is 5.56 Å². The van der Waals surface area contributed by atoms with E-state index in [0.717, 1.165) is 11.4 Å². The molecular formula is C15H23N5O3S. The second-order valence-corrected chi connectivity index (χ2v) is 8.52. The molecule has 3 heterocycles. The molecule has 1 unspecified atom stereocenters. The largest absolute Gasteiger partial charge is 0.293 e. The Balaban J connectivity index is 1.95. The SMILES string of the molecule is CCc1c(C)nc2cc(C3CCN(S(=O)(=O)N(C)C)C3)[nH]n2c1=O. The number of aromatic nitrogens is 3. The van der Waals surface area contributed by atoms with Crippen molar-refractivity contribution in [2.45, 2.75) is 32.6 Å². The van der Waals surface area contributed by atoms with E-state index >= 15 is 0 Å². The predicted octanol–water partition coefficient (Wildman–Crippen LogP) is 0.489. The smallest absolute Gasteiger partial charge is 0.281 e. The van der Waals surface area contributed by atoms with Crippen LogP contribution in [0.5, 0.6) is 0 Å². The summed E-state index contributed by atoms with van der Waals surface area (Å²) in [6.45, 7) is 4.65. The van der Waals surface area contributed by atoms with Crippen LogP contribution in [-0.2, 0) is 16.6 Å². The maximum atomic E-state index is 12.5. The third-order valence-corrected chi connectivity index (χ3v) is 6.57. The fourth-order valence-corrected chi connectivity index (χ4v) is 4.39. The minimum absolute atomic E-state index is 0.0335. The van der Waals surface area contributed by atoms with Gasteiger partial charge in [0, 0.05) is 56.1 Å². The van der Waals surface area contributed by atoms with E-state index < -0.39 is 10.2 Å². The van der Waals surface area contributed by atoms with Gasteiger partial charge in [0.15, 0.2) is 5.65 Å². The van der Waals surface area contributed by atoms with Crippen LogP contribution in [0.25, 0.3) is 5.65 Å². The molecule has 0 radical (unpaired) electrons. The number of fused-ring (bicyclic) bond motifs is 1. The summed E-state index contributed by atoms with van der Waals surface area (Å²) in [5.41, 5.74) is 2.80. The number of aromatic amines is 1. The molecule has 132 valence electrons. The molecule has 0 bridgehead atoms. The molecule has 1 saturated heterocycles. The van der Waals surface area contributed by atoms with Crippen molar-refractivity contribution in [2.75, 3.05) is 27.2 Å². The summed E-state index contributed by atoms with van der Waals surface area (Å²) in [5, 5.41) is 3.12. The molecule has 9 heteroatoms.